The van der Waals surface area contributed by atoms with Crippen LogP contribution in [0.15, 0.2) is 6.07 Å². The predicted molar refractivity (Wildman–Crippen MR) is 71.5 cm³/mol. The fourth-order valence-corrected chi connectivity index (χ4v) is 3.14. The molecule has 1 amide bonds. The zero-order valence-corrected chi connectivity index (χ0v) is 11.3. The van der Waals surface area contributed by atoms with Gasteiger partial charge in [-0.15, -0.1) is 0 Å². The van der Waals surface area contributed by atoms with Gasteiger partial charge in [0.2, 0.25) is 0 Å². The van der Waals surface area contributed by atoms with Crippen LogP contribution in [0.3, 0.4) is 0 Å². The van der Waals surface area contributed by atoms with Gasteiger partial charge in [-0.25, -0.2) is 0 Å². The smallest absolute Gasteiger partial charge is 0.358 e. The quantitative estimate of drug-likeness (QED) is 0.626. The van der Waals surface area contributed by atoms with Crippen LogP contribution in [-0.2, 0) is 0 Å². The van der Waals surface area contributed by atoms with Gasteiger partial charge in [0.1, 0.15) is 0 Å². The fraction of sp³-hybridized carbons (Fsp3) is 0.692. The summed E-state index contributed by atoms with van der Waals surface area (Å²) in [7, 11) is 0. The van der Waals surface area contributed by atoms with Crippen LogP contribution in [0.4, 0.5) is 5.82 Å². The molecule has 0 atom stereocenters. The Morgan fingerprint density at radius 3 is 2.50 bits per heavy atom. The van der Waals surface area contributed by atoms with Gasteiger partial charge in [-0.3, -0.25) is 4.79 Å². The van der Waals surface area contributed by atoms with Gasteiger partial charge in [0.25, 0.3) is 5.91 Å². The lowest BCUT2D eigenvalue weighted by Gasteiger charge is -2.16. The van der Waals surface area contributed by atoms with Crippen LogP contribution in [0.25, 0.3) is 0 Å². The number of rotatable bonds is 3. The number of carbonyl (C=O) groups excluding carboxylic acids is 1. The van der Waals surface area contributed by atoms with E-state index in [1.807, 2.05) is 0 Å². The summed E-state index contributed by atoms with van der Waals surface area (Å²) in [4.78, 5) is 24.7. The molecule has 1 aliphatic carbocycles. The molecule has 1 saturated heterocycles. The highest BCUT2D eigenvalue weighted by atomic mass is 16.6. The fourth-order valence-electron chi connectivity index (χ4n) is 3.14. The Morgan fingerprint density at radius 2 is 1.90 bits per heavy atom. The average molecular weight is 278 g/mol. The summed E-state index contributed by atoms with van der Waals surface area (Å²) in [5, 5.41) is 15.0. The first-order valence-corrected chi connectivity index (χ1v) is 7.20. The van der Waals surface area contributed by atoms with Gasteiger partial charge >= 0.3 is 5.82 Å². The Labute approximate surface area is 116 Å². The van der Waals surface area contributed by atoms with E-state index in [-0.39, 0.29) is 17.8 Å². The topological polar surface area (TPSA) is 81.3 Å². The van der Waals surface area contributed by atoms with Crippen molar-refractivity contribution in [1.29, 1.82) is 0 Å². The van der Waals surface area contributed by atoms with E-state index in [0.717, 1.165) is 51.6 Å². The number of carbonyl (C=O) groups is 1. The van der Waals surface area contributed by atoms with E-state index in [2.05, 4.69) is 5.10 Å². The second kappa shape index (κ2) is 5.22. The number of hydrogen-bond acceptors (Lipinski definition) is 4. The zero-order chi connectivity index (χ0) is 14.1. The van der Waals surface area contributed by atoms with Crippen molar-refractivity contribution in [2.45, 2.75) is 44.6 Å². The third-order valence-electron chi connectivity index (χ3n) is 4.19. The molecule has 0 spiro atoms. The second-order valence-electron chi connectivity index (χ2n) is 5.53. The predicted octanol–water partition coefficient (Wildman–Crippen LogP) is 2.14. The van der Waals surface area contributed by atoms with Crippen molar-refractivity contribution in [2.75, 3.05) is 13.1 Å². The van der Waals surface area contributed by atoms with E-state index < -0.39 is 4.92 Å². The molecule has 7 nitrogen and oxygen atoms in total. The van der Waals surface area contributed by atoms with Gasteiger partial charge in [-0.2, -0.15) is 4.68 Å². The van der Waals surface area contributed by atoms with Crippen molar-refractivity contribution in [2.24, 2.45) is 0 Å². The van der Waals surface area contributed by atoms with Crippen molar-refractivity contribution >= 4 is 11.7 Å². The van der Waals surface area contributed by atoms with Crippen molar-refractivity contribution in [3.63, 3.8) is 0 Å². The Morgan fingerprint density at radius 1 is 1.25 bits per heavy atom. The number of likely N-dealkylation sites (tertiary alicyclic amines) is 1. The van der Waals surface area contributed by atoms with Gasteiger partial charge < -0.3 is 15.0 Å². The number of nitrogens with zero attached hydrogens (tertiary/aromatic N) is 4. The molecule has 0 bridgehead atoms. The molecule has 7 heteroatoms. The van der Waals surface area contributed by atoms with Crippen molar-refractivity contribution < 1.29 is 9.72 Å². The molecular weight excluding hydrogens is 260 g/mol. The lowest BCUT2D eigenvalue weighted by molar-refractivity contribution is -0.389. The summed E-state index contributed by atoms with van der Waals surface area (Å²) in [5.74, 6) is -0.338. The molecule has 3 rings (SSSR count). The van der Waals surface area contributed by atoms with Gasteiger partial charge in [0.05, 0.1) is 17.2 Å². The monoisotopic (exact) mass is 278 g/mol. The van der Waals surface area contributed by atoms with Gasteiger partial charge in [-0.1, -0.05) is 12.8 Å². The molecule has 20 heavy (non-hydrogen) atoms. The van der Waals surface area contributed by atoms with E-state index in [0.29, 0.717) is 5.69 Å². The lowest BCUT2D eigenvalue weighted by Crippen LogP contribution is -2.30. The first-order chi connectivity index (χ1) is 9.66. The highest BCUT2D eigenvalue weighted by Crippen LogP contribution is 2.32. The summed E-state index contributed by atoms with van der Waals surface area (Å²) in [6, 6.07) is 1.46. The van der Waals surface area contributed by atoms with Gasteiger partial charge in [0.15, 0.2) is 5.69 Å². The highest BCUT2D eigenvalue weighted by Gasteiger charge is 2.32. The van der Waals surface area contributed by atoms with E-state index >= 15 is 0 Å². The minimum atomic E-state index is -0.522. The molecule has 0 unspecified atom stereocenters. The van der Waals surface area contributed by atoms with Gasteiger partial charge in [-0.05, 0) is 30.6 Å². The summed E-state index contributed by atoms with van der Waals surface area (Å²) < 4.78 is 1.60. The van der Waals surface area contributed by atoms with E-state index in [9.17, 15) is 14.9 Å². The minimum Gasteiger partial charge on any atom is -0.358 e. The first-order valence-electron chi connectivity index (χ1n) is 7.20. The number of hydrogen-bond donors (Lipinski definition) is 0. The van der Waals surface area contributed by atoms with E-state index in [1.54, 1.807) is 9.58 Å². The van der Waals surface area contributed by atoms with Crippen LogP contribution in [0.1, 0.15) is 55.1 Å². The molecular formula is C13H18N4O3. The third kappa shape index (κ3) is 2.28. The maximum Gasteiger partial charge on any atom is 0.390 e. The molecule has 0 aromatic carbocycles. The minimum absolute atomic E-state index is 0.116. The van der Waals surface area contributed by atoms with Crippen LogP contribution in [-0.4, -0.2) is 38.6 Å². The van der Waals surface area contributed by atoms with Crippen LogP contribution in [0.5, 0.6) is 0 Å². The van der Waals surface area contributed by atoms with Crippen LogP contribution in [0, 0.1) is 10.1 Å². The number of amides is 1. The third-order valence-corrected chi connectivity index (χ3v) is 4.19. The number of aromatic nitrogens is 2. The Bertz CT molecular complexity index is 528. The van der Waals surface area contributed by atoms with Crippen LogP contribution >= 0.6 is 0 Å². The Hall–Kier alpha value is -1.92. The molecule has 1 aromatic rings. The average Bonchev–Trinajstić information content (AvgIpc) is 3.17. The summed E-state index contributed by atoms with van der Waals surface area (Å²) >= 11 is 0. The van der Waals surface area contributed by atoms with Crippen LogP contribution in [0.2, 0.25) is 0 Å². The molecule has 2 aliphatic rings. The molecule has 0 N–H and O–H groups in total. The molecule has 108 valence electrons. The van der Waals surface area contributed by atoms with Crippen molar-refractivity contribution in [3.05, 3.63) is 21.9 Å². The van der Waals surface area contributed by atoms with Crippen LogP contribution < -0.4 is 0 Å². The maximum absolute atomic E-state index is 12.5. The Balaban J connectivity index is 1.94. The van der Waals surface area contributed by atoms with Gasteiger partial charge in [0, 0.05) is 13.1 Å². The summed E-state index contributed by atoms with van der Waals surface area (Å²) in [5.41, 5.74) is 0.380. The zero-order valence-electron chi connectivity index (χ0n) is 11.3. The molecule has 1 aromatic heterocycles. The second-order valence-corrected chi connectivity index (χ2v) is 5.53. The maximum atomic E-state index is 12.5. The largest absolute Gasteiger partial charge is 0.390 e. The van der Waals surface area contributed by atoms with E-state index in [1.165, 1.54) is 6.07 Å². The molecule has 2 heterocycles. The van der Waals surface area contributed by atoms with E-state index in [4.69, 9.17) is 0 Å². The molecule has 0 radical (unpaired) electrons. The first kappa shape index (κ1) is 13.1. The summed E-state index contributed by atoms with van der Waals surface area (Å²) in [6.45, 7) is 1.48. The molecule has 1 aliphatic heterocycles. The normalized spacial score (nSPS) is 19.7. The SMILES string of the molecule is O=C(c1cc([N+](=O)[O-])nn1C1CCCC1)N1CCCC1. The number of nitro groups is 1. The van der Waals surface area contributed by atoms with Crippen molar-refractivity contribution in [3.8, 4) is 0 Å². The molecule has 2 fully saturated rings. The van der Waals surface area contributed by atoms with Crippen molar-refractivity contribution in [1.82, 2.24) is 14.7 Å². The highest BCUT2D eigenvalue weighted by molar-refractivity contribution is 5.93. The molecule has 1 saturated carbocycles. The summed E-state index contributed by atoms with van der Waals surface area (Å²) in [6.07, 6.45) is 6.08. The Kier molecular flexibility index (Phi) is 3.42. The standard InChI is InChI=1S/C13H18N4O3/c18-13(15-7-3-4-8-15)11-9-12(17(19)20)14-16(11)10-5-1-2-6-10/h9-10H,1-8H2. The lowest BCUT2D eigenvalue weighted by atomic mass is 10.2.